The zero-order valence-electron chi connectivity index (χ0n) is 9.41. The van der Waals surface area contributed by atoms with Crippen LogP contribution in [0, 0.1) is 5.92 Å². The van der Waals surface area contributed by atoms with Crippen LogP contribution in [0.3, 0.4) is 0 Å². The molecule has 0 radical (unpaired) electrons. The van der Waals surface area contributed by atoms with E-state index in [0.29, 0.717) is 12.3 Å². The smallest absolute Gasteiger partial charge is 0.220 e. The number of rotatable bonds is 6. The van der Waals surface area contributed by atoms with E-state index in [1.165, 1.54) is 0 Å². The number of amides is 1. The number of aliphatic hydroxyl groups is 1. The van der Waals surface area contributed by atoms with Crippen molar-refractivity contribution < 1.29 is 9.90 Å². The lowest BCUT2D eigenvalue weighted by molar-refractivity contribution is -0.122. The molecule has 0 aromatic carbocycles. The summed E-state index contributed by atoms with van der Waals surface area (Å²) >= 11 is 1.57. The molecule has 0 aromatic rings. The van der Waals surface area contributed by atoms with Crippen LogP contribution in [0.15, 0.2) is 0 Å². The van der Waals surface area contributed by atoms with Crippen LogP contribution in [-0.4, -0.2) is 35.2 Å². The summed E-state index contributed by atoms with van der Waals surface area (Å²) in [5, 5.41) is 12.0. The Kier molecular flexibility index (Phi) is 7.01. The van der Waals surface area contributed by atoms with Crippen LogP contribution < -0.4 is 5.32 Å². The maximum absolute atomic E-state index is 11.4. The molecule has 0 bridgehead atoms. The number of nitrogens with one attached hydrogen (secondary N) is 1. The third-order valence-electron chi connectivity index (χ3n) is 2.02. The Hall–Kier alpha value is -0.220. The van der Waals surface area contributed by atoms with E-state index in [1.54, 1.807) is 11.8 Å². The van der Waals surface area contributed by atoms with Crippen molar-refractivity contribution in [3.05, 3.63) is 0 Å². The van der Waals surface area contributed by atoms with Gasteiger partial charge in [-0.3, -0.25) is 4.79 Å². The quantitative estimate of drug-likeness (QED) is 0.707. The van der Waals surface area contributed by atoms with Gasteiger partial charge in [0.1, 0.15) is 0 Å². The van der Waals surface area contributed by atoms with E-state index in [9.17, 15) is 4.79 Å². The van der Waals surface area contributed by atoms with Crippen molar-refractivity contribution in [1.82, 2.24) is 5.32 Å². The predicted molar refractivity (Wildman–Crippen MR) is 61.4 cm³/mol. The highest BCUT2D eigenvalue weighted by Gasteiger charge is 2.17. The topological polar surface area (TPSA) is 49.3 Å². The number of hydrogen-bond acceptors (Lipinski definition) is 3. The fraction of sp³-hybridized carbons (Fsp3) is 0.900. The van der Waals surface area contributed by atoms with Crippen molar-refractivity contribution in [3.63, 3.8) is 0 Å². The second-order valence-electron chi connectivity index (χ2n) is 3.91. The van der Waals surface area contributed by atoms with Gasteiger partial charge in [-0.1, -0.05) is 13.8 Å². The SMILES string of the molecule is CSC(CO)C(C)NC(=O)CC(C)C. The standard InChI is InChI=1S/C10H21NO2S/c1-7(2)5-10(13)11-8(3)9(6-12)14-4/h7-9,12H,5-6H2,1-4H3,(H,11,13). The van der Waals surface area contributed by atoms with Gasteiger partial charge in [-0.2, -0.15) is 11.8 Å². The van der Waals surface area contributed by atoms with Crippen LogP contribution >= 0.6 is 11.8 Å². The highest BCUT2D eigenvalue weighted by atomic mass is 32.2. The predicted octanol–water partition coefficient (Wildman–Crippen LogP) is 1.26. The van der Waals surface area contributed by atoms with E-state index in [2.05, 4.69) is 5.32 Å². The minimum Gasteiger partial charge on any atom is -0.395 e. The zero-order valence-corrected chi connectivity index (χ0v) is 10.2. The van der Waals surface area contributed by atoms with Crippen molar-refractivity contribution in [2.45, 2.75) is 38.5 Å². The lowest BCUT2D eigenvalue weighted by Gasteiger charge is -2.21. The fourth-order valence-corrected chi connectivity index (χ4v) is 1.84. The third kappa shape index (κ3) is 5.50. The van der Waals surface area contributed by atoms with Crippen LogP contribution in [0.1, 0.15) is 27.2 Å². The Morgan fingerprint density at radius 3 is 2.36 bits per heavy atom. The molecule has 2 atom stereocenters. The Balaban J connectivity index is 3.91. The van der Waals surface area contributed by atoms with E-state index in [1.807, 2.05) is 27.0 Å². The van der Waals surface area contributed by atoms with Gasteiger partial charge in [-0.05, 0) is 19.1 Å². The zero-order chi connectivity index (χ0) is 11.1. The van der Waals surface area contributed by atoms with E-state index in [4.69, 9.17) is 5.11 Å². The van der Waals surface area contributed by atoms with Crippen LogP contribution in [0.25, 0.3) is 0 Å². The maximum atomic E-state index is 11.4. The molecular weight excluding hydrogens is 198 g/mol. The van der Waals surface area contributed by atoms with Crippen LogP contribution in [-0.2, 0) is 4.79 Å². The Labute approximate surface area is 90.7 Å². The molecule has 0 saturated heterocycles. The van der Waals surface area contributed by atoms with E-state index in [0.717, 1.165) is 0 Å². The lowest BCUT2D eigenvalue weighted by atomic mass is 10.1. The van der Waals surface area contributed by atoms with Gasteiger partial charge in [0.05, 0.1) is 6.61 Å². The molecule has 2 unspecified atom stereocenters. The Morgan fingerprint density at radius 2 is 2.00 bits per heavy atom. The molecule has 0 spiro atoms. The van der Waals surface area contributed by atoms with Gasteiger partial charge in [0.2, 0.25) is 5.91 Å². The Bertz CT molecular complexity index is 170. The highest BCUT2D eigenvalue weighted by molar-refractivity contribution is 7.99. The maximum Gasteiger partial charge on any atom is 0.220 e. The molecule has 0 aliphatic rings. The molecular formula is C10H21NO2S. The van der Waals surface area contributed by atoms with E-state index >= 15 is 0 Å². The number of aliphatic hydroxyl groups excluding tert-OH is 1. The molecule has 3 nitrogen and oxygen atoms in total. The molecule has 0 heterocycles. The van der Waals surface area contributed by atoms with Gasteiger partial charge >= 0.3 is 0 Å². The van der Waals surface area contributed by atoms with E-state index in [-0.39, 0.29) is 23.8 Å². The minimum absolute atomic E-state index is 0.0289. The molecule has 1 amide bonds. The summed E-state index contributed by atoms with van der Waals surface area (Å²) in [7, 11) is 0. The van der Waals surface area contributed by atoms with Crippen LogP contribution in [0.5, 0.6) is 0 Å². The number of thioether (sulfide) groups is 1. The molecule has 14 heavy (non-hydrogen) atoms. The first-order valence-corrected chi connectivity index (χ1v) is 6.23. The van der Waals surface area contributed by atoms with Crippen molar-refractivity contribution in [1.29, 1.82) is 0 Å². The summed E-state index contributed by atoms with van der Waals surface area (Å²) in [6.45, 7) is 6.06. The van der Waals surface area contributed by atoms with Crippen molar-refractivity contribution in [2.75, 3.05) is 12.9 Å². The van der Waals surface area contributed by atoms with Gasteiger partial charge in [0.15, 0.2) is 0 Å². The molecule has 0 rings (SSSR count). The van der Waals surface area contributed by atoms with Crippen LogP contribution in [0.2, 0.25) is 0 Å². The largest absolute Gasteiger partial charge is 0.395 e. The van der Waals surface area contributed by atoms with Crippen molar-refractivity contribution >= 4 is 17.7 Å². The molecule has 2 N–H and O–H groups in total. The molecule has 0 aliphatic carbocycles. The highest BCUT2D eigenvalue weighted by Crippen LogP contribution is 2.10. The van der Waals surface area contributed by atoms with Crippen LogP contribution in [0.4, 0.5) is 0 Å². The fourth-order valence-electron chi connectivity index (χ4n) is 1.21. The van der Waals surface area contributed by atoms with Gasteiger partial charge < -0.3 is 10.4 Å². The first-order chi connectivity index (χ1) is 6.51. The lowest BCUT2D eigenvalue weighted by Crippen LogP contribution is -2.41. The summed E-state index contributed by atoms with van der Waals surface area (Å²) in [4.78, 5) is 11.4. The molecule has 0 fully saturated rings. The summed E-state index contributed by atoms with van der Waals surface area (Å²) < 4.78 is 0. The first kappa shape index (κ1) is 13.8. The molecule has 0 saturated carbocycles. The number of hydrogen-bond donors (Lipinski definition) is 2. The number of carbonyl (C=O) groups is 1. The summed E-state index contributed by atoms with van der Waals surface area (Å²) in [6, 6.07) is 0.0289. The Morgan fingerprint density at radius 1 is 1.43 bits per heavy atom. The number of carbonyl (C=O) groups excluding carboxylic acids is 1. The third-order valence-corrected chi connectivity index (χ3v) is 3.19. The molecule has 4 heteroatoms. The monoisotopic (exact) mass is 219 g/mol. The van der Waals surface area contributed by atoms with Gasteiger partial charge in [0, 0.05) is 17.7 Å². The van der Waals surface area contributed by atoms with Gasteiger partial charge in [-0.15, -0.1) is 0 Å². The normalized spacial score (nSPS) is 15.3. The summed E-state index contributed by atoms with van der Waals surface area (Å²) in [5.41, 5.74) is 0. The van der Waals surface area contributed by atoms with Crippen molar-refractivity contribution in [3.8, 4) is 0 Å². The van der Waals surface area contributed by atoms with Gasteiger partial charge in [0.25, 0.3) is 0 Å². The molecule has 0 aromatic heterocycles. The first-order valence-electron chi connectivity index (χ1n) is 4.94. The molecule has 0 aliphatic heterocycles. The summed E-state index contributed by atoms with van der Waals surface area (Å²) in [5.74, 6) is 0.448. The van der Waals surface area contributed by atoms with E-state index < -0.39 is 0 Å². The molecule has 84 valence electrons. The average Bonchev–Trinajstić information content (AvgIpc) is 2.04. The minimum atomic E-state index is 0.0289. The average molecular weight is 219 g/mol. The second kappa shape index (κ2) is 7.12. The van der Waals surface area contributed by atoms with Crippen molar-refractivity contribution in [2.24, 2.45) is 5.92 Å². The summed E-state index contributed by atoms with van der Waals surface area (Å²) in [6.07, 6.45) is 2.49. The van der Waals surface area contributed by atoms with Gasteiger partial charge in [-0.25, -0.2) is 0 Å². The second-order valence-corrected chi connectivity index (χ2v) is 4.99.